The quantitative estimate of drug-likeness (QED) is 0.768. The maximum Gasteiger partial charge on any atom is 0.229 e. The summed E-state index contributed by atoms with van der Waals surface area (Å²) in [6.45, 7) is 10.1. The molecule has 2 N–H and O–H groups in total. The van der Waals surface area contributed by atoms with Crippen LogP contribution in [0.2, 0.25) is 5.02 Å². The predicted octanol–water partition coefficient (Wildman–Crippen LogP) is 4.79. The molecule has 1 aromatic heterocycles. The first-order valence-corrected chi connectivity index (χ1v) is 7.27. The molecule has 0 spiro atoms. The molecule has 0 aliphatic rings. The highest BCUT2D eigenvalue weighted by Crippen LogP contribution is 2.23. The van der Waals surface area contributed by atoms with Crippen molar-refractivity contribution in [2.24, 2.45) is 0 Å². The van der Waals surface area contributed by atoms with E-state index in [4.69, 9.17) is 11.6 Å². The normalized spacial score (nSPS) is 13.1. The summed E-state index contributed by atoms with van der Waals surface area (Å²) in [4.78, 5) is 8.63. The molecule has 0 atom stereocenters. The summed E-state index contributed by atoms with van der Waals surface area (Å²) in [5.41, 5.74) is 0.780. The van der Waals surface area contributed by atoms with Gasteiger partial charge in [-0.1, -0.05) is 29.8 Å². The van der Waals surface area contributed by atoms with E-state index in [1.165, 1.54) is 0 Å². The van der Waals surface area contributed by atoms with Crippen molar-refractivity contribution in [3.8, 4) is 0 Å². The average Bonchev–Trinajstić information content (AvgIpc) is 2.38. The van der Waals surface area contributed by atoms with Gasteiger partial charge in [0.05, 0.1) is 6.20 Å². The Bertz CT molecular complexity index is 554. The molecule has 114 valence electrons. The Balaban J connectivity index is 3.00. The highest BCUT2D eigenvalue weighted by atomic mass is 35.5. The molecule has 0 aromatic carbocycles. The van der Waals surface area contributed by atoms with Gasteiger partial charge >= 0.3 is 0 Å². The molecule has 4 nitrogen and oxygen atoms in total. The summed E-state index contributed by atoms with van der Waals surface area (Å²) < 4.78 is 0. The Morgan fingerprint density at radius 2 is 1.95 bits per heavy atom. The molecule has 0 saturated heterocycles. The maximum atomic E-state index is 6.13. The molecule has 1 heterocycles. The van der Waals surface area contributed by atoms with Crippen molar-refractivity contribution in [3.63, 3.8) is 0 Å². The van der Waals surface area contributed by atoms with Gasteiger partial charge in [0.2, 0.25) is 5.95 Å². The van der Waals surface area contributed by atoms with E-state index in [9.17, 15) is 0 Å². The summed E-state index contributed by atoms with van der Waals surface area (Å²) in [5.74, 6) is 1.12. The Kier molecular flexibility index (Phi) is 6.43. The topological polar surface area (TPSA) is 49.8 Å². The SMILES string of the molecule is C\C=C/C=C(\C=C/C)Nc1ncc(Cl)c(NC(C)(C)C)n1. The summed E-state index contributed by atoms with van der Waals surface area (Å²) in [6, 6.07) is 0. The summed E-state index contributed by atoms with van der Waals surface area (Å²) in [5, 5.41) is 6.93. The number of nitrogens with one attached hydrogen (secondary N) is 2. The van der Waals surface area contributed by atoms with Crippen LogP contribution in [0.1, 0.15) is 34.6 Å². The first-order valence-electron chi connectivity index (χ1n) is 6.89. The Hall–Kier alpha value is -1.81. The number of anilines is 2. The van der Waals surface area contributed by atoms with Crippen molar-refractivity contribution < 1.29 is 0 Å². The van der Waals surface area contributed by atoms with Crippen molar-refractivity contribution in [2.45, 2.75) is 40.2 Å². The molecular formula is C16H23ClN4. The van der Waals surface area contributed by atoms with Gasteiger partial charge in [0, 0.05) is 11.2 Å². The largest absolute Gasteiger partial charge is 0.364 e. The molecule has 0 amide bonds. The molecule has 0 saturated carbocycles. The van der Waals surface area contributed by atoms with Crippen molar-refractivity contribution in [3.05, 3.63) is 47.3 Å². The zero-order valence-corrected chi connectivity index (χ0v) is 14.0. The van der Waals surface area contributed by atoms with Gasteiger partial charge in [-0.05, 0) is 46.8 Å². The molecule has 1 rings (SSSR count). The first-order chi connectivity index (χ1) is 9.85. The van der Waals surface area contributed by atoms with Gasteiger partial charge in [-0.3, -0.25) is 0 Å². The van der Waals surface area contributed by atoms with Crippen molar-refractivity contribution in [1.29, 1.82) is 0 Å². The second-order valence-electron chi connectivity index (χ2n) is 5.54. The minimum absolute atomic E-state index is 0.123. The molecule has 21 heavy (non-hydrogen) atoms. The molecule has 5 heteroatoms. The third kappa shape index (κ3) is 6.45. The molecule has 1 aromatic rings. The van der Waals surface area contributed by atoms with Crippen LogP contribution >= 0.6 is 11.6 Å². The van der Waals surface area contributed by atoms with Crippen LogP contribution in [0.5, 0.6) is 0 Å². The second-order valence-corrected chi connectivity index (χ2v) is 5.95. The lowest BCUT2D eigenvalue weighted by atomic mass is 10.1. The van der Waals surface area contributed by atoms with E-state index in [1.54, 1.807) is 6.20 Å². The number of nitrogens with zero attached hydrogens (tertiary/aromatic N) is 2. The van der Waals surface area contributed by atoms with E-state index in [2.05, 4.69) is 41.4 Å². The number of hydrogen-bond donors (Lipinski definition) is 2. The first kappa shape index (κ1) is 17.2. The highest BCUT2D eigenvalue weighted by Gasteiger charge is 2.14. The number of halogens is 1. The molecule has 0 bridgehead atoms. The van der Waals surface area contributed by atoms with Crippen LogP contribution in [-0.2, 0) is 0 Å². The lowest BCUT2D eigenvalue weighted by Gasteiger charge is -2.22. The standard InChI is InChI=1S/C16H23ClN4/c1-6-8-10-12(9-7-2)19-15-18-11-13(17)14(20-15)21-16(3,4)5/h6-11H,1-5H3,(H2,18,19,20,21)/b8-6-,9-7-,12-10+. The smallest absolute Gasteiger partial charge is 0.229 e. The van der Waals surface area contributed by atoms with E-state index >= 15 is 0 Å². The van der Waals surface area contributed by atoms with E-state index in [-0.39, 0.29) is 5.54 Å². The summed E-state index contributed by atoms with van der Waals surface area (Å²) in [6.07, 6.45) is 11.4. The van der Waals surface area contributed by atoms with Crippen LogP contribution < -0.4 is 10.6 Å². The summed E-state index contributed by atoms with van der Waals surface area (Å²) >= 11 is 6.13. The predicted molar refractivity (Wildman–Crippen MR) is 91.8 cm³/mol. The molecule has 0 unspecified atom stereocenters. The fraction of sp³-hybridized carbons (Fsp3) is 0.375. The van der Waals surface area contributed by atoms with Gasteiger partial charge in [-0.25, -0.2) is 4.98 Å². The van der Waals surface area contributed by atoms with E-state index < -0.39 is 0 Å². The maximum absolute atomic E-state index is 6.13. The fourth-order valence-corrected chi connectivity index (χ4v) is 1.66. The van der Waals surface area contributed by atoms with Gasteiger partial charge in [0.15, 0.2) is 5.82 Å². The number of rotatable bonds is 5. The molecule has 0 aliphatic heterocycles. The van der Waals surface area contributed by atoms with Crippen LogP contribution in [0.15, 0.2) is 42.3 Å². The minimum Gasteiger partial charge on any atom is -0.364 e. The van der Waals surface area contributed by atoms with Gasteiger partial charge in [-0.15, -0.1) is 0 Å². The third-order valence-electron chi connectivity index (χ3n) is 2.31. The van der Waals surface area contributed by atoms with E-state index in [1.807, 2.05) is 44.2 Å². The second kappa shape index (κ2) is 7.84. The molecule has 0 radical (unpaired) electrons. The van der Waals surface area contributed by atoms with Crippen LogP contribution in [0, 0.1) is 0 Å². The van der Waals surface area contributed by atoms with Crippen LogP contribution in [-0.4, -0.2) is 15.5 Å². The van der Waals surface area contributed by atoms with Crippen molar-refractivity contribution >= 4 is 23.4 Å². The molecule has 0 aliphatic carbocycles. The zero-order chi connectivity index (χ0) is 15.9. The van der Waals surface area contributed by atoms with Crippen LogP contribution in [0.3, 0.4) is 0 Å². The number of aromatic nitrogens is 2. The molecular weight excluding hydrogens is 284 g/mol. The van der Waals surface area contributed by atoms with Crippen LogP contribution in [0.25, 0.3) is 0 Å². The minimum atomic E-state index is -0.123. The van der Waals surface area contributed by atoms with Gasteiger partial charge in [-0.2, -0.15) is 4.98 Å². The van der Waals surface area contributed by atoms with Gasteiger partial charge in [0.1, 0.15) is 5.02 Å². The van der Waals surface area contributed by atoms with Gasteiger partial charge < -0.3 is 10.6 Å². The lowest BCUT2D eigenvalue weighted by molar-refractivity contribution is 0.630. The third-order valence-corrected chi connectivity index (χ3v) is 2.58. The number of hydrogen-bond acceptors (Lipinski definition) is 4. The monoisotopic (exact) mass is 306 g/mol. The number of allylic oxidation sites excluding steroid dienone is 5. The van der Waals surface area contributed by atoms with E-state index in [0.29, 0.717) is 16.8 Å². The lowest BCUT2D eigenvalue weighted by Crippen LogP contribution is -2.27. The zero-order valence-electron chi connectivity index (χ0n) is 13.2. The average molecular weight is 307 g/mol. The Labute approximate surface area is 132 Å². The van der Waals surface area contributed by atoms with E-state index in [0.717, 1.165) is 5.70 Å². The van der Waals surface area contributed by atoms with Crippen LogP contribution in [0.4, 0.5) is 11.8 Å². The summed E-state index contributed by atoms with van der Waals surface area (Å²) in [7, 11) is 0. The van der Waals surface area contributed by atoms with Gasteiger partial charge in [0.25, 0.3) is 0 Å². The fourth-order valence-electron chi connectivity index (χ4n) is 1.52. The van der Waals surface area contributed by atoms with Crippen molar-refractivity contribution in [1.82, 2.24) is 9.97 Å². The Morgan fingerprint density at radius 3 is 2.52 bits per heavy atom. The molecule has 0 fully saturated rings. The highest BCUT2D eigenvalue weighted by molar-refractivity contribution is 6.32. The van der Waals surface area contributed by atoms with Crippen molar-refractivity contribution in [2.75, 3.05) is 10.6 Å². The Morgan fingerprint density at radius 1 is 1.24 bits per heavy atom.